The molecule has 0 radical (unpaired) electrons. The summed E-state index contributed by atoms with van der Waals surface area (Å²) in [6, 6.07) is 13.0. The van der Waals surface area contributed by atoms with Crippen LogP contribution in [0.25, 0.3) is 10.9 Å². The number of H-pyrrole nitrogens is 1. The van der Waals surface area contributed by atoms with Crippen LogP contribution in [0.3, 0.4) is 0 Å². The third-order valence-corrected chi connectivity index (χ3v) is 7.38. The van der Waals surface area contributed by atoms with E-state index in [1.807, 2.05) is 54.6 Å². The third-order valence-electron chi connectivity index (χ3n) is 7.38. The van der Waals surface area contributed by atoms with E-state index >= 15 is 0 Å². The number of fused-ring (bicyclic) bond motifs is 1. The van der Waals surface area contributed by atoms with Gasteiger partial charge < -0.3 is 45.6 Å². The maximum absolute atomic E-state index is 13.8. The molecule has 4 atom stereocenters. The van der Waals surface area contributed by atoms with Crippen molar-refractivity contribution in [2.75, 3.05) is 13.7 Å². The largest absolute Gasteiger partial charge is 0.467 e. The second-order valence-corrected chi connectivity index (χ2v) is 12.6. The van der Waals surface area contributed by atoms with Gasteiger partial charge in [-0.3, -0.25) is 9.59 Å². The number of hydrogen-bond donors (Lipinski definition) is 6. The van der Waals surface area contributed by atoms with Crippen LogP contribution >= 0.6 is 0 Å². The fraction of sp³-hybridized carbons (Fsp3) is 0.457. The number of methoxy groups -OCH3 is 1. The number of amides is 4. The molecule has 0 saturated heterocycles. The van der Waals surface area contributed by atoms with Gasteiger partial charge in [-0.25, -0.2) is 14.4 Å². The van der Waals surface area contributed by atoms with Gasteiger partial charge >= 0.3 is 18.2 Å². The maximum atomic E-state index is 13.8. The van der Waals surface area contributed by atoms with Crippen LogP contribution in [0.1, 0.15) is 58.1 Å². The number of aromatic nitrogens is 1. The van der Waals surface area contributed by atoms with Crippen molar-refractivity contribution in [3.05, 3.63) is 71.9 Å². The highest BCUT2D eigenvalue weighted by Gasteiger charge is 2.33. The minimum Gasteiger partial charge on any atom is -0.467 e. The van der Waals surface area contributed by atoms with Gasteiger partial charge in [0.2, 0.25) is 11.8 Å². The minimum absolute atomic E-state index is 0.0664. The lowest BCUT2D eigenvalue weighted by Crippen LogP contribution is -2.58. The van der Waals surface area contributed by atoms with E-state index in [2.05, 4.69) is 26.3 Å². The van der Waals surface area contributed by atoms with Gasteiger partial charge in [0.25, 0.3) is 0 Å². The molecule has 0 unspecified atom stereocenters. The highest BCUT2D eigenvalue weighted by molar-refractivity contribution is 5.94. The van der Waals surface area contributed by atoms with E-state index in [1.165, 1.54) is 6.92 Å². The van der Waals surface area contributed by atoms with Crippen molar-refractivity contribution < 1.29 is 43.3 Å². The van der Waals surface area contributed by atoms with Gasteiger partial charge in [-0.15, -0.1) is 0 Å². The highest BCUT2D eigenvalue weighted by Crippen LogP contribution is 2.20. The molecule has 0 aliphatic rings. The van der Waals surface area contributed by atoms with Crippen LogP contribution in [0.4, 0.5) is 9.59 Å². The summed E-state index contributed by atoms with van der Waals surface area (Å²) in [5.74, 6) is -2.29. The SMILES string of the molecule is COC(=O)[C@H](NC(=O)[C@@H](CCCCNC(=O)OCc1ccccc1)NC(=O)[C@@H](Cc1c[nH]c2ccccc12)NC(=O)OC(C)(C)C)[C@H](C)O. The van der Waals surface area contributed by atoms with Crippen LogP contribution in [0, 0.1) is 0 Å². The number of carbonyl (C=O) groups excluding carboxylic acids is 5. The molecule has 6 N–H and O–H groups in total. The zero-order valence-corrected chi connectivity index (χ0v) is 28.5. The molecule has 3 aromatic rings. The van der Waals surface area contributed by atoms with E-state index in [-0.39, 0.29) is 26.0 Å². The van der Waals surface area contributed by atoms with Crippen LogP contribution in [-0.2, 0) is 41.6 Å². The molecular formula is C35H47N5O9. The second-order valence-electron chi connectivity index (χ2n) is 12.6. The molecule has 14 nitrogen and oxygen atoms in total. The van der Waals surface area contributed by atoms with Crippen molar-refractivity contribution in [2.24, 2.45) is 0 Å². The summed E-state index contributed by atoms with van der Waals surface area (Å²) in [4.78, 5) is 67.7. The Morgan fingerprint density at radius 2 is 1.53 bits per heavy atom. The summed E-state index contributed by atoms with van der Waals surface area (Å²) < 4.78 is 15.3. The number of carbonyl (C=O) groups is 5. The van der Waals surface area contributed by atoms with E-state index in [1.54, 1.807) is 27.0 Å². The predicted molar refractivity (Wildman–Crippen MR) is 181 cm³/mol. The number of alkyl carbamates (subject to hydrolysis) is 2. The zero-order valence-electron chi connectivity index (χ0n) is 28.5. The second kappa shape index (κ2) is 18.4. The minimum atomic E-state index is -1.39. The third kappa shape index (κ3) is 12.8. The molecule has 0 bridgehead atoms. The fourth-order valence-electron chi connectivity index (χ4n) is 4.92. The molecule has 0 spiro atoms. The van der Waals surface area contributed by atoms with Crippen LogP contribution in [0.2, 0.25) is 0 Å². The Morgan fingerprint density at radius 3 is 2.20 bits per heavy atom. The highest BCUT2D eigenvalue weighted by atomic mass is 16.6. The van der Waals surface area contributed by atoms with Crippen LogP contribution in [0.5, 0.6) is 0 Å². The predicted octanol–water partition coefficient (Wildman–Crippen LogP) is 3.22. The standard InChI is InChI=1S/C35H47N5O9/c1-22(41)29(32(44)47-5)40-30(42)27(17-11-12-18-36-33(45)48-21-23-13-7-6-8-14-23)38-31(43)28(39-34(46)49-35(2,3)4)19-24-20-37-26-16-10-9-15-25(24)26/h6-10,13-16,20,22,27-29,37,41H,11-12,17-19,21H2,1-5H3,(H,36,45)(H,38,43)(H,39,46)(H,40,42)/t22-,27+,28+,29+/m0/s1. The van der Waals surface area contributed by atoms with E-state index in [0.29, 0.717) is 12.8 Å². The van der Waals surface area contributed by atoms with Gasteiger partial charge in [-0.05, 0) is 64.2 Å². The van der Waals surface area contributed by atoms with Crippen LogP contribution in [-0.4, -0.2) is 83.5 Å². The van der Waals surface area contributed by atoms with Crippen molar-refractivity contribution in [3.63, 3.8) is 0 Å². The number of ether oxygens (including phenoxy) is 3. The maximum Gasteiger partial charge on any atom is 0.408 e. The Bertz CT molecular complexity index is 1550. The van der Waals surface area contributed by atoms with Crippen LogP contribution in [0.15, 0.2) is 60.8 Å². The fourth-order valence-corrected chi connectivity index (χ4v) is 4.92. The number of nitrogens with one attached hydrogen (secondary N) is 5. The number of hydrogen-bond acceptors (Lipinski definition) is 9. The van der Waals surface area contributed by atoms with E-state index in [9.17, 15) is 29.1 Å². The van der Waals surface area contributed by atoms with Gasteiger partial charge in [0, 0.05) is 30.1 Å². The summed E-state index contributed by atoms with van der Waals surface area (Å²) in [7, 11) is 1.12. The number of esters is 1. The molecular weight excluding hydrogens is 634 g/mol. The summed E-state index contributed by atoms with van der Waals surface area (Å²) in [6.45, 7) is 6.75. The van der Waals surface area contributed by atoms with Crippen molar-refractivity contribution >= 4 is 40.9 Å². The first-order chi connectivity index (χ1) is 23.3. The average Bonchev–Trinajstić information content (AvgIpc) is 3.46. The normalized spacial score (nSPS) is 13.7. The number of benzene rings is 2. The van der Waals surface area contributed by atoms with Crippen molar-refractivity contribution in [1.29, 1.82) is 0 Å². The Morgan fingerprint density at radius 1 is 0.857 bits per heavy atom. The first-order valence-corrected chi connectivity index (χ1v) is 16.1. The molecule has 2 aromatic carbocycles. The Labute approximate surface area is 285 Å². The van der Waals surface area contributed by atoms with Crippen LogP contribution < -0.4 is 21.3 Å². The van der Waals surface area contributed by atoms with Gasteiger partial charge in [-0.2, -0.15) is 0 Å². The van der Waals surface area contributed by atoms with Crippen molar-refractivity contribution in [1.82, 2.24) is 26.3 Å². The molecule has 0 aliphatic carbocycles. The Balaban J connectivity index is 1.72. The van der Waals surface area contributed by atoms with Gasteiger partial charge in [-0.1, -0.05) is 48.5 Å². The van der Waals surface area contributed by atoms with Gasteiger partial charge in [0.15, 0.2) is 6.04 Å². The zero-order chi connectivity index (χ0) is 36.0. The Hall–Kier alpha value is -5.11. The topological polar surface area (TPSA) is 197 Å². The summed E-state index contributed by atoms with van der Waals surface area (Å²) in [5, 5.41) is 21.4. The molecule has 0 fully saturated rings. The summed E-state index contributed by atoms with van der Waals surface area (Å²) >= 11 is 0. The van der Waals surface area contributed by atoms with Crippen molar-refractivity contribution in [3.8, 4) is 0 Å². The van der Waals surface area contributed by atoms with Gasteiger partial charge in [0.1, 0.15) is 24.3 Å². The van der Waals surface area contributed by atoms with E-state index in [0.717, 1.165) is 29.1 Å². The lowest BCUT2D eigenvalue weighted by Gasteiger charge is -2.26. The Kier molecular flexibility index (Phi) is 14.4. The number of aliphatic hydroxyl groups is 1. The molecule has 1 heterocycles. The molecule has 14 heteroatoms. The first kappa shape index (κ1) is 38.3. The van der Waals surface area contributed by atoms with E-state index in [4.69, 9.17) is 14.2 Å². The first-order valence-electron chi connectivity index (χ1n) is 16.1. The summed E-state index contributed by atoms with van der Waals surface area (Å²) in [6.07, 6.45) is -0.0193. The number of para-hydroxylation sites is 1. The summed E-state index contributed by atoms with van der Waals surface area (Å²) in [5.41, 5.74) is 1.60. The van der Waals surface area contributed by atoms with Gasteiger partial charge in [0.05, 0.1) is 13.2 Å². The lowest BCUT2D eigenvalue weighted by molar-refractivity contribution is -0.148. The monoisotopic (exact) mass is 681 g/mol. The number of aromatic amines is 1. The van der Waals surface area contributed by atoms with Crippen molar-refractivity contribution in [2.45, 2.75) is 89.8 Å². The molecule has 49 heavy (non-hydrogen) atoms. The average molecular weight is 682 g/mol. The molecule has 266 valence electrons. The quantitative estimate of drug-likeness (QED) is 0.0747. The molecule has 4 amide bonds. The lowest BCUT2D eigenvalue weighted by atomic mass is 10.0. The number of aliphatic hydroxyl groups excluding tert-OH is 1. The number of rotatable bonds is 16. The molecule has 0 aliphatic heterocycles. The number of unbranched alkanes of at least 4 members (excludes halogenated alkanes) is 1. The smallest absolute Gasteiger partial charge is 0.408 e. The van der Waals surface area contributed by atoms with E-state index < -0.39 is 59.8 Å². The molecule has 1 aromatic heterocycles. The molecule has 3 rings (SSSR count). The molecule has 0 saturated carbocycles.